The van der Waals surface area contributed by atoms with Crippen molar-refractivity contribution in [1.29, 1.82) is 0 Å². The highest BCUT2D eigenvalue weighted by atomic mass is 35.5. The molecule has 1 aliphatic rings. The third-order valence-electron chi connectivity index (χ3n) is 6.73. The van der Waals surface area contributed by atoms with Gasteiger partial charge < -0.3 is 5.32 Å². The number of benzene rings is 3. The van der Waals surface area contributed by atoms with Crippen molar-refractivity contribution in [2.45, 2.75) is 50.2 Å². The van der Waals surface area contributed by atoms with Gasteiger partial charge >= 0.3 is 0 Å². The van der Waals surface area contributed by atoms with E-state index in [-0.39, 0.29) is 11.6 Å². The molecule has 5 rings (SSSR count). The molecule has 4 aromatic rings. The lowest BCUT2D eigenvalue weighted by atomic mass is 9.80. The molecule has 1 aromatic heterocycles. The van der Waals surface area contributed by atoms with E-state index < -0.39 is 0 Å². The van der Waals surface area contributed by atoms with Gasteiger partial charge in [0.1, 0.15) is 6.04 Å². The standard InChI is InChI=1S/C27H27Cl2N5/c28-22-15-13-21(14-16-22)25(23-11-5-6-12-24(23)29)34-26(31-32-33-34)27(17-7-2-8-18-27)30-19-20-9-3-1-4-10-20/h1,3-6,9-16,25,30H,2,7-8,17-19H2/t25-/m1/s1. The fraction of sp³-hybridized carbons (Fsp3) is 0.296. The van der Waals surface area contributed by atoms with Crippen LogP contribution in [0.4, 0.5) is 0 Å². The lowest BCUT2D eigenvalue weighted by Crippen LogP contribution is -2.46. The van der Waals surface area contributed by atoms with Gasteiger partial charge in [0, 0.05) is 16.6 Å². The van der Waals surface area contributed by atoms with Crippen molar-refractivity contribution in [3.05, 3.63) is 111 Å². The van der Waals surface area contributed by atoms with Crippen molar-refractivity contribution >= 4 is 23.2 Å². The van der Waals surface area contributed by atoms with E-state index in [1.807, 2.05) is 59.3 Å². The predicted octanol–water partition coefficient (Wildman–Crippen LogP) is 6.57. The van der Waals surface area contributed by atoms with Gasteiger partial charge in [-0.2, -0.15) is 0 Å². The topological polar surface area (TPSA) is 55.6 Å². The number of aromatic nitrogens is 4. The lowest BCUT2D eigenvalue weighted by Gasteiger charge is -2.38. The molecule has 1 fully saturated rings. The van der Waals surface area contributed by atoms with Gasteiger partial charge in [0.25, 0.3) is 0 Å². The van der Waals surface area contributed by atoms with Gasteiger partial charge in [-0.1, -0.05) is 103 Å². The zero-order valence-corrected chi connectivity index (χ0v) is 20.4. The Labute approximate surface area is 210 Å². The molecule has 1 saturated carbocycles. The van der Waals surface area contributed by atoms with E-state index in [1.54, 1.807) is 0 Å². The average molecular weight is 492 g/mol. The smallest absolute Gasteiger partial charge is 0.172 e. The molecule has 1 N–H and O–H groups in total. The molecule has 0 aliphatic heterocycles. The molecule has 0 amide bonds. The van der Waals surface area contributed by atoms with Gasteiger partial charge in [-0.15, -0.1) is 5.10 Å². The van der Waals surface area contributed by atoms with Crippen LogP contribution in [0, 0.1) is 0 Å². The second kappa shape index (κ2) is 10.3. The molecule has 0 unspecified atom stereocenters. The molecule has 0 saturated heterocycles. The normalized spacial score (nSPS) is 16.3. The Morgan fingerprint density at radius 2 is 1.56 bits per heavy atom. The number of rotatable bonds is 7. The third kappa shape index (κ3) is 4.74. The Balaban J connectivity index is 1.60. The highest BCUT2D eigenvalue weighted by Gasteiger charge is 2.40. The average Bonchev–Trinajstić information content (AvgIpc) is 3.37. The van der Waals surface area contributed by atoms with E-state index in [2.05, 4.69) is 45.1 Å². The van der Waals surface area contributed by atoms with Gasteiger partial charge in [0.2, 0.25) is 0 Å². The van der Waals surface area contributed by atoms with Gasteiger partial charge in [0.15, 0.2) is 5.82 Å². The van der Waals surface area contributed by atoms with Crippen LogP contribution in [0.3, 0.4) is 0 Å². The number of tetrazole rings is 1. The summed E-state index contributed by atoms with van der Waals surface area (Å²) in [5.74, 6) is 0.850. The summed E-state index contributed by atoms with van der Waals surface area (Å²) >= 11 is 12.9. The van der Waals surface area contributed by atoms with E-state index in [9.17, 15) is 0 Å². The molecule has 1 heterocycles. The number of nitrogens with one attached hydrogen (secondary N) is 1. The summed E-state index contributed by atoms with van der Waals surface area (Å²) in [5, 5.41) is 18.5. The monoisotopic (exact) mass is 491 g/mol. The lowest BCUT2D eigenvalue weighted by molar-refractivity contribution is 0.207. The van der Waals surface area contributed by atoms with Crippen LogP contribution in [0.15, 0.2) is 78.9 Å². The zero-order chi connectivity index (χ0) is 23.4. The Morgan fingerprint density at radius 1 is 0.853 bits per heavy atom. The molecular weight excluding hydrogens is 465 g/mol. The first kappa shape index (κ1) is 23.0. The summed E-state index contributed by atoms with van der Waals surface area (Å²) in [6.07, 6.45) is 5.45. The largest absolute Gasteiger partial charge is 0.301 e. The number of hydrogen-bond acceptors (Lipinski definition) is 4. The van der Waals surface area contributed by atoms with Crippen molar-refractivity contribution in [3.8, 4) is 0 Å². The van der Waals surface area contributed by atoms with Gasteiger partial charge in [-0.05, 0) is 58.2 Å². The van der Waals surface area contributed by atoms with E-state index in [4.69, 9.17) is 23.2 Å². The molecule has 1 atom stereocenters. The van der Waals surface area contributed by atoms with E-state index >= 15 is 0 Å². The summed E-state index contributed by atoms with van der Waals surface area (Å²) in [7, 11) is 0. The maximum Gasteiger partial charge on any atom is 0.172 e. The summed E-state index contributed by atoms with van der Waals surface area (Å²) in [4.78, 5) is 0. The van der Waals surface area contributed by atoms with E-state index in [0.29, 0.717) is 10.0 Å². The molecular formula is C27H27Cl2N5. The Bertz CT molecular complexity index is 1220. The summed E-state index contributed by atoms with van der Waals surface area (Å²) in [5.41, 5.74) is 2.91. The number of hydrogen-bond donors (Lipinski definition) is 1. The van der Waals surface area contributed by atoms with Gasteiger partial charge in [-0.3, -0.25) is 0 Å². The van der Waals surface area contributed by atoms with Crippen molar-refractivity contribution in [2.75, 3.05) is 0 Å². The molecule has 174 valence electrons. The van der Waals surface area contributed by atoms with E-state index in [1.165, 1.54) is 12.0 Å². The second-order valence-corrected chi connectivity index (χ2v) is 9.75. The Hall–Kier alpha value is -2.73. The SMILES string of the molecule is Clc1ccc([C@H](c2ccccc2Cl)n2nnnc2C2(NCc3ccccc3)CCCCC2)cc1. The van der Waals surface area contributed by atoms with Gasteiger partial charge in [-0.25, -0.2) is 4.68 Å². The van der Waals surface area contributed by atoms with Crippen molar-refractivity contribution in [2.24, 2.45) is 0 Å². The molecule has 5 nitrogen and oxygen atoms in total. The molecule has 7 heteroatoms. The van der Waals surface area contributed by atoms with Gasteiger partial charge in [0.05, 0.1) is 5.54 Å². The molecule has 0 bridgehead atoms. The predicted molar refractivity (Wildman–Crippen MR) is 136 cm³/mol. The minimum absolute atomic E-state index is 0.270. The second-order valence-electron chi connectivity index (χ2n) is 8.90. The minimum Gasteiger partial charge on any atom is -0.301 e. The van der Waals surface area contributed by atoms with Crippen LogP contribution in [0.25, 0.3) is 0 Å². The van der Waals surface area contributed by atoms with Crippen LogP contribution < -0.4 is 5.32 Å². The maximum atomic E-state index is 6.71. The molecule has 0 spiro atoms. The first-order valence-corrected chi connectivity index (χ1v) is 12.5. The summed E-state index contributed by atoms with van der Waals surface area (Å²) in [6, 6.07) is 25.9. The first-order valence-electron chi connectivity index (χ1n) is 11.7. The molecule has 3 aromatic carbocycles. The quantitative estimate of drug-likeness (QED) is 0.317. The molecule has 1 aliphatic carbocycles. The first-order chi connectivity index (χ1) is 16.7. The Kier molecular flexibility index (Phi) is 6.95. The third-order valence-corrected chi connectivity index (χ3v) is 7.33. The summed E-state index contributed by atoms with van der Waals surface area (Å²) in [6.45, 7) is 0.755. The van der Waals surface area contributed by atoms with E-state index in [0.717, 1.165) is 49.2 Å². The zero-order valence-electron chi connectivity index (χ0n) is 18.9. The highest BCUT2D eigenvalue weighted by Crippen LogP contribution is 2.40. The van der Waals surface area contributed by atoms with Crippen LogP contribution in [0.5, 0.6) is 0 Å². The van der Waals surface area contributed by atoms with Crippen LogP contribution in [-0.4, -0.2) is 20.2 Å². The van der Waals surface area contributed by atoms with Crippen molar-refractivity contribution in [3.63, 3.8) is 0 Å². The van der Waals surface area contributed by atoms with Crippen molar-refractivity contribution < 1.29 is 0 Å². The maximum absolute atomic E-state index is 6.71. The number of nitrogens with zero attached hydrogens (tertiary/aromatic N) is 4. The Morgan fingerprint density at radius 3 is 2.29 bits per heavy atom. The minimum atomic E-state index is -0.316. The van der Waals surface area contributed by atoms with Crippen LogP contribution >= 0.6 is 23.2 Å². The van der Waals surface area contributed by atoms with Crippen molar-refractivity contribution in [1.82, 2.24) is 25.5 Å². The fourth-order valence-electron chi connectivity index (χ4n) is 4.98. The van der Waals surface area contributed by atoms with Crippen LogP contribution in [0.1, 0.15) is 60.7 Å². The summed E-state index contributed by atoms with van der Waals surface area (Å²) < 4.78 is 1.95. The molecule has 0 radical (unpaired) electrons. The van der Waals surface area contributed by atoms with Crippen LogP contribution in [-0.2, 0) is 12.1 Å². The highest BCUT2D eigenvalue weighted by molar-refractivity contribution is 6.31. The van der Waals surface area contributed by atoms with Crippen LogP contribution in [0.2, 0.25) is 10.0 Å². The fourth-order valence-corrected chi connectivity index (χ4v) is 5.34. The number of halogens is 2. The molecule has 34 heavy (non-hydrogen) atoms.